The lowest BCUT2D eigenvalue weighted by Gasteiger charge is -2.00. The zero-order valence-corrected chi connectivity index (χ0v) is 13.8. The summed E-state index contributed by atoms with van der Waals surface area (Å²) in [5.74, 6) is 2.12. The molecule has 5 heteroatoms. The van der Waals surface area contributed by atoms with Crippen LogP contribution < -0.4 is 4.74 Å². The van der Waals surface area contributed by atoms with E-state index in [-0.39, 0.29) is 5.25 Å². The van der Waals surface area contributed by atoms with Gasteiger partial charge in [-0.05, 0) is 49.2 Å². The fourth-order valence-corrected chi connectivity index (χ4v) is 4.02. The Balaban J connectivity index is 1.57. The minimum atomic E-state index is 0.200. The number of thioether (sulfide) groups is 1. The lowest BCUT2D eigenvalue weighted by Crippen LogP contribution is -1.92. The first-order valence-corrected chi connectivity index (χ1v) is 8.35. The summed E-state index contributed by atoms with van der Waals surface area (Å²) in [6.07, 6.45) is 0.935. The predicted octanol–water partition coefficient (Wildman–Crippen LogP) is 4.44. The molecule has 0 fully saturated rings. The molecule has 0 bridgehead atoms. The van der Waals surface area contributed by atoms with Crippen LogP contribution in [0.3, 0.4) is 0 Å². The Labute approximate surface area is 138 Å². The van der Waals surface area contributed by atoms with Gasteiger partial charge in [-0.2, -0.15) is 4.98 Å². The van der Waals surface area contributed by atoms with Crippen molar-refractivity contribution in [3.8, 4) is 17.1 Å². The molecular formula is C18H16N2O2S. The quantitative estimate of drug-likeness (QED) is 0.712. The lowest BCUT2D eigenvalue weighted by atomic mass is 10.1. The first kappa shape index (κ1) is 14.3. The highest BCUT2D eigenvalue weighted by molar-refractivity contribution is 7.99. The van der Waals surface area contributed by atoms with Crippen LogP contribution in [0, 0.1) is 6.92 Å². The smallest absolute Gasteiger partial charge is 0.240 e. The van der Waals surface area contributed by atoms with E-state index in [2.05, 4.69) is 35.3 Å². The van der Waals surface area contributed by atoms with Gasteiger partial charge in [-0.25, -0.2) is 0 Å². The van der Waals surface area contributed by atoms with Crippen molar-refractivity contribution in [1.82, 2.24) is 10.1 Å². The second-order valence-corrected chi connectivity index (χ2v) is 6.85. The van der Waals surface area contributed by atoms with Crippen LogP contribution in [0.5, 0.6) is 5.75 Å². The molecule has 1 unspecified atom stereocenters. The first-order chi connectivity index (χ1) is 11.2. The van der Waals surface area contributed by atoms with Gasteiger partial charge in [0, 0.05) is 10.5 Å². The SMILES string of the molecule is COc1ccc(-c2noc(C3Cc4ccc(C)cc4S3)n2)cc1. The van der Waals surface area contributed by atoms with E-state index in [1.54, 1.807) is 18.9 Å². The molecule has 2 heterocycles. The molecule has 0 N–H and O–H groups in total. The molecule has 0 aliphatic carbocycles. The Morgan fingerprint density at radius 2 is 2.00 bits per heavy atom. The van der Waals surface area contributed by atoms with Crippen LogP contribution in [-0.4, -0.2) is 17.3 Å². The predicted molar refractivity (Wildman–Crippen MR) is 89.8 cm³/mol. The molecule has 4 rings (SSSR count). The monoisotopic (exact) mass is 324 g/mol. The second kappa shape index (κ2) is 5.74. The molecule has 0 radical (unpaired) electrons. The summed E-state index contributed by atoms with van der Waals surface area (Å²) < 4.78 is 10.7. The van der Waals surface area contributed by atoms with Gasteiger partial charge in [-0.1, -0.05) is 22.9 Å². The standard InChI is InChI=1S/C18H16N2O2S/c1-11-3-4-13-10-16(23-15(13)9-11)18-19-17(20-22-18)12-5-7-14(21-2)8-6-12/h3-9,16H,10H2,1-2H3. The third-order valence-electron chi connectivity index (χ3n) is 3.96. The van der Waals surface area contributed by atoms with Crippen molar-refractivity contribution in [1.29, 1.82) is 0 Å². The maximum atomic E-state index is 5.51. The van der Waals surface area contributed by atoms with Crippen molar-refractivity contribution in [3.63, 3.8) is 0 Å². The van der Waals surface area contributed by atoms with Gasteiger partial charge in [0.1, 0.15) is 5.75 Å². The van der Waals surface area contributed by atoms with Crippen LogP contribution in [0.2, 0.25) is 0 Å². The Morgan fingerprint density at radius 3 is 2.78 bits per heavy atom. The average Bonchev–Trinajstić information content (AvgIpc) is 3.21. The average molecular weight is 324 g/mol. The summed E-state index contributed by atoms with van der Waals surface area (Å²) in [6, 6.07) is 14.2. The summed E-state index contributed by atoms with van der Waals surface area (Å²) in [7, 11) is 1.65. The molecule has 4 nitrogen and oxygen atoms in total. The molecule has 0 amide bonds. The van der Waals surface area contributed by atoms with E-state index in [0.29, 0.717) is 11.7 Å². The Hall–Kier alpha value is -2.27. The van der Waals surface area contributed by atoms with Crippen LogP contribution in [-0.2, 0) is 6.42 Å². The number of ether oxygens (including phenoxy) is 1. The molecule has 2 aromatic carbocycles. The van der Waals surface area contributed by atoms with Crippen molar-refractivity contribution in [2.45, 2.75) is 23.5 Å². The zero-order valence-electron chi connectivity index (χ0n) is 12.9. The van der Waals surface area contributed by atoms with E-state index in [1.807, 2.05) is 24.3 Å². The van der Waals surface area contributed by atoms with Crippen molar-refractivity contribution in [2.75, 3.05) is 7.11 Å². The van der Waals surface area contributed by atoms with E-state index in [1.165, 1.54) is 16.0 Å². The van der Waals surface area contributed by atoms with E-state index >= 15 is 0 Å². The number of aromatic nitrogens is 2. The molecular weight excluding hydrogens is 308 g/mol. The highest BCUT2D eigenvalue weighted by atomic mass is 32.2. The van der Waals surface area contributed by atoms with Gasteiger partial charge in [0.25, 0.3) is 0 Å². The van der Waals surface area contributed by atoms with E-state index in [9.17, 15) is 0 Å². The second-order valence-electron chi connectivity index (χ2n) is 5.61. The number of methoxy groups -OCH3 is 1. The van der Waals surface area contributed by atoms with Gasteiger partial charge in [-0.15, -0.1) is 11.8 Å². The van der Waals surface area contributed by atoms with E-state index < -0.39 is 0 Å². The number of fused-ring (bicyclic) bond motifs is 1. The Kier molecular flexibility index (Phi) is 3.58. The normalized spacial score (nSPS) is 16.3. The Bertz CT molecular complexity index is 842. The number of hydrogen-bond acceptors (Lipinski definition) is 5. The van der Waals surface area contributed by atoms with Crippen molar-refractivity contribution < 1.29 is 9.26 Å². The molecule has 0 saturated carbocycles. The van der Waals surface area contributed by atoms with Crippen LogP contribution in [0.25, 0.3) is 11.4 Å². The zero-order chi connectivity index (χ0) is 15.8. The minimum Gasteiger partial charge on any atom is -0.497 e. The highest BCUT2D eigenvalue weighted by Gasteiger charge is 2.28. The number of hydrogen-bond donors (Lipinski definition) is 0. The number of aryl methyl sites for hydroxylation is 1. The molecule has 23 heavy (non-hydrogen) atoms. The minimum absolute atomic E-state index is 0.200. The molecule has 1 atom stereocenters. The fraction of sp³-hybridized carbons (Fsp3) is 0.222. The summed E-state index contributed by atoms with van der Waals surface area (Å²) >= 11 is 1.80. The maximum absolute atomic E-state index is 5.51. The number of rotatable bonds is 3. The lowest BCUT2D eigenvalue weighted by molar-refractivity contribution is 0.377. The van der Waals surface area contributed by atoms with Crippen molar-refractivity contribution in [3.05, 3.63) is 59.5 Å². The van der Waals surface area contributed by atoms with Crippen molar-refractivity contribution in [2.24, 2.45) is 0 Å². The molecule has 116 valence electrons. The fourth-order valence-electron chi connectivity index (χ4n) is 2.70. The first-order valence-electron chi connectivity index (χ1n) is 7.47. The van der Waals surface area contributed by atoms with Gasteiger partial charge in [0.2, 0.25) is 11.7 Å². The molecule has 1 aliphatic heterocycles. The maximum Gasteiger partial charge on any atom is 0.240 e. The van der Waals surface area contributed by atoms with E-state index in [0.717, 1.165) is 17.7 Å². The van der Waals surface area contributed by atoms with Gasteiger partial charge in [-0.3, -0.25) is 0 Å². The molecule has 1 aromatic heterocycles. The van der Waals surface area contributed by atoms with Crippen molar-refractivity contribution >= 4 is 11.8 Å². The molecule has 0 saturated heterocycles. The third kappa shape index (κ3) is 2.72. The topological polar surface area (TPSA) is 48.2 Å². The van der Waals surface area contributed by atoms with Crippen LogP contribution in [0.15, 0.2) is 51.9 Å². The summed E-state index contributed by atoms with van der Waals surface area (Å²) in [5.41, 5.74) is 3.56. The van der Waals surface area contributed by atoms with Gasteiger partial charge < -0.3 is 9.26 Å². The van der Waals surface area contributed by atoms with Gasteiger partial charge in [0.05, 0.1) is 12.4 Å². The van der Waals surface area contributed by atoms with Gasteiger partial charge in [0.15, 0.2) is 0 Å². The van der Waals surface area contributed by atoms with Crippen LogP contribution in [0.4, 0.5) is 0 Å². The van der Waals surface area contributed by atoms with Crippen LogP contribution in [0.1, 0.15) is 22.3 Å². The Morgan fingerprint density at radius 1 is 1.17 bits per heavy atom. The molecule has 0 spiro atoms. The summed E-state index contributed by atoms with van der Waals surface area (Å²) in [5, 5.41) is 4.33. The summed E-state index contributed by atoms with van der Waals surface area (Å²) in [4.78, 5) is 5.90. The molecule has 3 aromatic rings. The number of nitrogens with zero attached hydrogens (tertiary/aromatic N) is 2. The largest absolute Gasteiger partial charge is 0.497 e. The summed E-state index contributed by atoms with van der Waals surface area (Å²) in [6.45, 7) is 2.11. The number of benzene rings is 2. The van der Waals surface area contributed by atoms with E-state index in [4.69, 9.17) is 9.26 Å². The highest BCUT2D eigenvalue weighted by Crippen LogP contribution is 2.46. The van der Waals surface area contributed by atoms with Gasteiger partial charge >= 0.3 is 0 Å². The van der Waals surface area contributed by atoms with Crippen LogP contribution >= 0.6 is 11.8 Å². The molecule has 1 aliphatic rings. The third-order valence-corrected chi connectivity index (χ3v) is 5.25.